The molecule has 1 heterocycles. The summed E-state index contributed by atoms with van der Waals surface area (Å²) >= 11 is 0. The van der Waals surface area contributed by atoms with Gasteiger partial charge in [-0.3, -0.25) is 0 Å². The fourth-order valence-corrected chi connectivity index (χ4v) is 3.18. The van der Waals surface area contributed by atoms with Crippen molar-refractivity contribution in [2.24, 2.45) is 0 Å². The minimum absolute atomic E-state index is 0. The zero-order valence-electron chi connectivity index (χ0n) is 11.7. The lowest BCUT2D eigenvalue weighted by molar-refractivity contribution is 0.254. The average molecular weight is 321 g/mol. The maximum atomic E-state index is 12.1. The molecule has 0 radical (unpaired) electrons. The highest BCUT2D eigenvalue weighted by Crippen LogP contribution is 2.30. The number of sulfonamides is 1. The number of likely N-dealkylation sites (N-methyl/N-ethyl adjacent to an activating group) is 1. The van der Waals surface area contributed by atoms with Gasteiger partial charge < -0.3 is 10.1 Å². The Balaban J connectivity index is 0.00000200. The van der Waals surface area contributed by atoms with Crippen LogP contribution in [0.25, 0.3) is 0 Å². The van der Waals surface area contributed by atoms with Gasteiger partial charge in [0.2, 0.25) is 10.0 Å². The molecule has 0 amide bonds. The molecule has 5 nitrogen and oxygen atoms in total. The molecular weight excluding hydrogens is 300 g/mol. The first-order valence-electron chi connectivity index (χ1n) is 6.53. The smallest absolute Gasteiger partial charge is 0.240 e. The summed E-state index contributed by atoms with van der Waals surface area (Å²) in [6, 6.07) is 5.03. The van der Waals surface area contributed by atoms with Crippen molar-refractivity contribution in [2.45, 2.75) is 31.3 Å². The van der Waals surface area contributed by atoms with Crippen LogP contribution in [0.4, 0.5) is 0 Å². The Morgan fingerprint density at radius 1 is 1.35 bits per heavy atom. The lowest BCUT2D eigenvalue weighted by atomic mass is 10.1. The van der Waals surface area contributed by atoms with Crippen LogP contribution in [0.2, 0.25) is 0 Å². The Hall–Kier alpha value is -0.820. The number of halogens is 1. The van der Waals surface area contributed by atoms with Crippen molar-refractivity contribution in [2.75, 3.05) is 19.6 Å². The van der Waals surface area contributed by atoms with Crippen LogP contribution in [0.15, 0.2) is 23.1 Å². The number of rotatable bonds is 6. The summed E-state index contributed by atoms with van der Waals surface area (Å²) in [4.78, 5) is 0.306. The van der Waals surface area contributed by atoms with E-state index in [4.69, 9.17) is 4.74 Å². The molecule has 114 valence electrons. The second-order valence-electron chi connectivity index (χ2n) is 4.65. The van der Waals surface area contributed by atoms with Gasteiger partial charge in [0.05, 0.1) is 4.90 Å². The average Bonchev–Trinajstić information content (AvgIpc) is 2.73. The van der Waals surface area contributed by atoms with E-state index in [1.807, 2.05) is 13.8 Å². The van der Waals surface area contributed by atoms with Crippen LogP contribution in [-0.2, 0) is 16.4 Å². The van der Waals surface area contributed by atoms with E-state index in [-0.39, 0.29) is 18.5 Å². The maximum Gasteiger partial charge on any atom is 0.240 e. The Kier molecular flexibility index (Phi) is 6.26. The largest absolute Gasteiger partial charge is 0.490 e. The van der Waals surface area contributed by atoms with Crippen LogP contribution in [-0.4, -0.2) is 34.2 Å². The number of benzene rings is 1. The van der Waals surface area contributed by atoms with Gasteiger partial charge in [-0.05, 0) is 37.2 Å². The molecule has 2 N–H and O–H groups in total. The highest BCUT2D eigenvalue weighted by molar-refractivity contribution is 7.89. The third kappa shape index (κ3) is 4.09. The van der Waals surface area contributed by atoms with Gasteiger partial charge in [-0.15, -0.1) is 12.4 Å². The second-order valence-corrected chi connectivity index (χ2v) is 6.42. The van der Waals surface area contributed by atoms with Gasteiger partial charge in [0.1, 0.15) is 11.9 Å². The molecule has 1 aromatic rings. The van der Waals surface area contributed by atoms with Gasteiger partial charge in [-0.1, -0.05) is 6.92 Å². The summed E-state index contributed by atoms with van der Waals surface area (Å²) in [5.41, 5.74) is 0.960. The first-order valence-corrected chi connectivity index (χ1v) is 8.01. The molecule has 20 heavy (non-hydrogen) atoms. The van der Waals surface area contributed by atoms with Crippen molar-refractivity contribution in [3.63, 3.8) is 0 Å². The molecule has 1 aliphatic heterocycles. The molecular formula is C13H21ClN2O3S. The molecule has 0 saturated heterocycles. The van der Waals surface area contributed by atoms with Crippen LogP contribution in [0, 0.1) is 0 Å². The van der Waals surface area contributed by atoms with Crippen LogP contribution in [0.3, 0.4) is 0 Å². The molecule has 0 saturated carbocycles. The van der Waals surface area contributed by atoms with E-state index in [1.165, 1.54) is 0 Å². The molecule has 0 spiro atoms. The first kappa shape index (κ1) is 17.2. The molecule has 2 rings (SSSR count). The van der Waals surface area contributed by atoms with Crippen LogP contribution in [0.5, 0.6) is 5.75 Å². The third-order valence-corrected chi connectivity index (χ3v) is 4.48. The molecule has 0 fully saturated rings. The van der Waals surface area contributed by atoms with E-state index in [1.54, 1.807) is 18.2 Å². The monoisotopic (exact) mass is 320 g/mol. The topological polar surface area (TPSA) is 67.4 Å². The predicted octanol–water partition coefficient (Wildman–Crippen LogP) is 1.32. The molecule has 1 atom stereocenters. The summed E-state index contributed by atoms with van der Waals surface area (Å²) in [5.74, 6) is 0.791. The van der Waals surface area contributed by atoms with Gasteiger partial charge in [-0.25, -0.2) is 13.1 Å². The summed E-state index contributed by atoms with van der Waals surface area (Å²) in [5, 5.41) is 3.07. The summed E-state index contributed by atoms with van der Waals surface area (Å²) in [7, 11) is -3.43. The highest BCUT2D eigenvalue weighted by Gasteiger charge is 2.22. The van der Waals surface area contributed by atoms with Gasteiger partial charge in [0, 0.05) is 19.5 Å². The predicted molar refractivity (Wildman–Crippen MR) is 81.2 cm³/mol. The molecule has 7 heteroatoms. The van der Waals surface area contributed by atoms with E-state index in [2.05, 4.69) is 10.0 Å². The molecule has 0 aliphatic carbocycles. The fourth-order valence-electron chi connectivity index (χ4n) is 2.10. The van der Waals surface area contributed by atoms with Crippen molar-refractivity contribution in [3.05, 3.63) is 23.8 Å². The van der Waals surface area contributed by atoms with Gasteiger partial charge in [0.25, 0.3) is 0 Å². The van der Waals surface area contributed by atoms with E-state index < -0.39 is 10.0 Å². The summed E-state index contributed by atoms with van der Waals surface area (Å²) in [6.07, 6.45) is 0.880. The number of nitrogens with one attached hydrogen (secondary N) is 2. The first-order chi connectivity index (χ1) is 9.03. The van der Waals surface area contributed by atoms with Gasteiger partial charge in [0.15, 0.2) is 0 Å². The third-order valence-electron chi connectivity index (χ3n) is 3.02. The van der Waals surface area contributed by atoms with Gasteiger partial charge >= 0.3 is 0 Å². The fraction of sp³-hybridized carbons (Fsp3) is 0.538. The minimum Gasteiger partial charge on any atom is -0.490 e. The number of hydrogen-bond donors (Lipinski definition) is 2. The zero-order chi connectivity index (χ0) is 13.9. The standard InChI is InChI=1S/C13H20N2O3S.ClH/c1-3-14-6-7-15-19(16,17)12-4-5-13-11(9-12)8-10(2)18-13;/h4-5,9-10,14-15H,3,6-8H2,1-2H3;1H. The molecule has 0 bridgehead atoms. The summed E-state index contributed by atoms with van der Waals surface area (Å²) in [6.45, 7) is 5.80. The Morgan fingerprint density at radius 3 is 2.80 bits per heavy atom. The number of hydrogen-bond acceptors (Lipinski definition) is 4. The second kappa shape index (κ2) is 7.26. The Labute approximate surface area is 126 Å². The normalized spacial score (nSPS) is 17.2. The SMILES string of the molecule is CCNCCNS(=O)(=O)c1ccc2c(c1)CC(C)O2.Cl. The molecule has 1 unspecified atom stereocenters. The molecule has 1 aromatic carbocycles. The van der Waals surface area contributed by atoms with Crippen molar-refractivity contribution in [1.29, 1.82) is 0 Å². The van der Waals surface area contributed by atoms with Crippen LogP contribution >= 0.6 is 12.4 Å². The van der Waals surface area contributed by atoms with Gasteiger partial charge in [-0.2, -0.15) is 0 Å². The van der Waals surface area contributed by atoms with E-state index in [0.717, 1.165) is 24.3 Å². The van der Waals surface area contributed by atoms with Crippen molar-refractivity contribution >= 4 is 22.4 Å². The van der Waals surface area contributed by atoms with Crippen LogP contribution < -0.4 is 14.8 Å². The number of fused-ring (bicyclic) bond motifs is 1. The zero-order valence-corrected chi connectivity index (χ0v) is 13.3. The van der Waals surface area contributed by atoms with Crippen molar-refractivity contribution in [3.8, 4) is 5.75 Å². The lowest BCUT2D eigenvalue weighted by Crippen LogP contribution is -2.31. The maximum absolute atomic E-state index is 12.1. The highest BCUT2D eigenvalue weighted by atomic mass is 35.5. The minimum atomic E-state index is -3.43. The van der Waals surface area contributed by atoms with E-state index >= 15 is 0 Å². The van der Waals surface area contributed by atoms with E-state index in [0.29, 0.717) is 18.0 Å². The lowest BCUT2D eigenvalue weighted by Gasteiger charge is -2.08. The van der Waals surface area contributed by atoms with Crippen LogP contribution in [0.1, 0.15) is 19.4 Å². The van der Waals surface area contributed by atoms with Crippen molar-refractivity contribution < 1.29 is 13.2 Å². The van der Waals surface area contributed by atoms with Crippen molar-refractivity contribution in [1.82, 2.24) is 10.0 Å². The summed E-state index contributed by atoms with van der Waals surface area (Å²) < 4.78 is 32.3. The molecule has 1 aliphatic rings. The quantitative estimate of drug-likeness (QED) is 0.776. The van der Waals surface area contributed by atoms with E-state index in [9.17, 15) is 8.42 Å². The number of ether oxygens (including phenoxy) is 1. The Bertz CT molecular complexity index is 549. The Morgan fingerprint density at radius 2 is 2.10 bits per heavy atom. The molecule has 0 aromatic heterocycles.